The van der Waals surface area contributed by atoms with E-state index in [1.54, 1.807) is 0 Å². The fraction of sp³-hybridized carbons (Fsp3) is 0.714. The summed E-state index contributed by atoms with van der Waals surface area (Å²) in [4.78, 5) is 13.6. The van der Waals surface area contributed by atoms with Crippen LogP contribution in [0.2, 0.25) is 5.15 Å². The zero-order chi connectivity index (χ0) is 14.5. The number of aryl methyl sites for hydroxylation is 1. The van der Waals surface area contributed by atoms with Gasteiger partial charge in [0.15, 0.2) is 0 Å². The lowest BCUT2D eigenvalue weighted by molar-refractivity contribution is 0.188. The van der Waals surface area contributed by atoms with Gasteiger partial charge in [0.25, 0.3) is 0 Å². The Hall–Kier alpha value is -0.910. The molecule has 1 aromatic rings. The first-order valence-corrected chi connectivity index (χ1v) is 7.64. The fourth-order valence-electron chi connectivity index (χ4n) is 2.49. The summed E-state index contributed by atoms with van der Waals surface area (Å²) in [5, 5.41) is 9.55. The minimum atomic E-state index is 0.221. The van der Waals surface area contributed by atoms with E-state index in [2.05, 4.69) is 26.7 Å². The first-order chi connectivity index (χ1) is 9.65. The average molecular weight is 299 g/mol. The fourth-order valence-corrected chi connectivity index (χ4v) is 2.67. The Morgan fingerprint density at radius 1 is 1.20 bits per heavy atom. The van der Waals surface area contributed by atoms with E-state index in [1.165, 1.54) is 0 Å². The summed E-state index contributed by atoms with van der Waals surface area (Å²) in [5.74, 6) is 1.80. The lowest BCUT2D eigenvalue weighted by Crippen LogP contribution is -2.47. The van der Waals surface area contributed by atoms with E-state index in [4.69, 9.17) is 16.7 Å². The van der Waals surface area contributed by atoms with Gasteiger partial charge in [-0.3, -0.25) is 4.90 Å². The molecule has 2 heterocycles. The smallest absolute Gasteiger partial charge is 0.137 e. The van der Waals surface area contributed by atoms with Crippen LogP contribution in [0.4, 0.5) is 5.82 Å². The van der Waals surface area contributed by atoms with Crippen LogP contribution < -0.4 is 4.90 Å². The molecule has 0 amide bonds. The summed E-state index contributed by atoms with van der Waals surface area (Å²) in [5.41, 5.74) is 0.960. The van der Waals surface area contributed by atoms with Crippen LogP contribution >= 0.6 is 11.6 Å². The number of hydrogen-bond acceptors (Lipinski definition) is 5. The van der Waals surface area contributed by atoms with Crippen molar-refractivity contribution in [2.45, 2.75) is 26.7 Å². The van der Waals surface area contributed by atoms with Crippen LogP contribution in [0.15, 0.2) is 0 Å². The van der Waals surface area contributed by atoms with Crippen molar-refractivity contribution in [3.8, 4) is 0 Å². The number of aromatic nitrogens is 2. The number of β-amino-alcohol motifs (C(OH)–C–C–N with tert-alkyl or cyclic N) is 1. The highest BCUT2D eigenvalue weighted by Gasteiger charge is 2.21. The average Bonchev–Trinajstić information content (AvgIpc) is 2.44. The molecule has 5 nitrogen and oxygen atoms in total. The molecule has 0 spiro atoms. The molecule has 1 aromatic heterocycles. The molecular formula is C14H23ClN4O. The van der Waals surface area contributed by atoms with Crippen molar-refractivity contribution in [2.24, 2.45) is 0 Å². The van der Waals surface area contributed by atoms with Gasteiger partial charge in [0.2, 0.25) is 0 Å². The zero-order valence-corrected chi connectivity index (χ0v) is 13.0. The van der Waals surface area contributed by atoms with Gasteiger partial charge >= 0.3 is 0 Å². The highest BCUT2D eigenvalue weighted by Crippen LogP contribution is 2.24. The molecule has 112 valence electrons. The second-order valence-corrected chi connectivity index (χ2v) is 5.54. The SMILES string of the molecule is CCCc1nc(Cl)c(C)c(N2CCN(CCO)CC2)n1. The monoisotopic (exact) mass is 298 g/mol. The van der Waals surface area contributed by atoms with Crippen LogP contribution in [0.3, 0.4) is 0 Å². The molecule has 1 fully saturated rings. The molecule has 1 saturated heterocycles. The van der Waals surface area contributed by atoms with Crippen LogP contribution in [-0.4, -0.2) is 59.3 Å². The van der Waals surface area contributed by atoms with Crippen LogP contribution in [0.1, 0.15) is 24.7 Å². The molecule has 1 N–H and O–H groups in total. The Kier molecular flexibility index (Phi) is 5.57. The maximum absolute atomic E-state index is 8.98. The van der Waals surface area contributed by atoms with Crippen LogP contribution in [0, 0.1) is 6.92 Å². The summed E-state index contributed by atoms with van der Waals surface area (Å²) >= 11 is 6.23. The lowest BCUT2D eigenvalue weighted by Gasteiger charge is -2.35. The summed E-state index contributed by atoms with van der Waals surface area (Å²) in [6.07, 6.45) is 1.88. The van der Waals surface area contributed by atoms with Crippen molar-refractivity contribution in [3.63, 3.8) is 0 Å². The number of anilines is 1. The minimum absolute atomic E-state index is 0.221. The van der Waals surface area contributed by atoms with Gasteiger partial charge in [-0.15, -0.1) is 0 Å². The minimum Gasteiger partial charge on any atom is -0.395 e. The second kappa shape index (κ2) is 7.20. The highest BCUT2D eigenvalue weighted by atomic mass is 35.5. The first-order valence-electron chi connectivity index (χ1n) is 7.27. The number of piperazine rings is 1. The third kappa shape index (κ3) is 3.59. The molecule has 1 aliphatic heterocycles. The third-order valence-corrected chi connectivity index (χ3v) is 4.04. The number of nitrogens with zero attached hydrogens (tertiary/aromatic N) is 4. The Morgan fingerprint density at radius 3 is 2.50 bits per heavy atom. The Labute approximate surface area is 125 Å². The Bertz CT molecular complexity index is 447. The van der Waals surface area contributed by atoms with E-state index in [0.717, 1.165) is 62.8 Å². The number of hydrogen-bond donors (Lipinski definition) is 1. The topological polar surface area (TPSA) is 52.5 Å². The molecule has 0 atom stereocenters. The standard InChI is InChI=1S/C14H23ClN4O/c1-3-4-12-16-13(15)11(2)14(17-12)19-7-5-18(6-8-19)9-10-20/h20H,3-10H2,1-2H3. The van der Waals surface area contributed by atoms with Crippen molar-refractivity contribution < 1.29 is 5.11 Å². The van der Waals surface area contributed by atoms with Crippen molar-refractivity contribution in [1.82, 2.24) is 14.9 Å². The van der Waals surface area contributed by atoms with Crippen LogP contribution in [0.5, 0.6) is 0 Å². The van der Waals surface area contributed by atoms with E-state index in [1.807, 2.05) is 6.92 Å². The molecule has 0 aromatic carbocycles. The molecule has 6 heteroatoms. The molecular weight excluding hydrogens is 276 g/mol. The van der Waals surface area contributed by atoms with Gasteiger partial charge in [0, 0.05) is 44.7 Å². The molecule has 0 unspecified atom stereocenters. The van der Waals surface area contributed by atoms with Gasteiger partial charge in [-0.25, -0.2) is 9.97 Å². The van der Waals surface area contributed by atoms with E-state index in [0.29, 0.717) is 5.15 Å². The highest BCUT2D eigenvalue weighted by molar-refractivity contribution is 6.30. The number of halogens is 1. The molecule has 0 saturated carbocycles. The summed E-state index contributed by atoms with van der Waals surface area (Å²) in [6, 6.07) is 0. The summed E-state index contributed by atoms with van der Waals surface area (Å²) < 4.78 is 0. The normalized spacial score (nSPS) is 16.7. The van der Waals surface area contributed by atoms with Gasteiger partial charge in [0.05, 0.1) is 6.61 Å². The van der Waals surface area contributed by atoms with Gasteiger partial charge in [-0.2, -0.15) is 0 Å². The number of aliphatic hydroxyl groups is 1. The van der Waals surface area contributed by atoms with Gasteiger partial charge in [-0.1, -0.05) is 18.5 Å². The van der Waals surface area contributed by atoms with Crippen molar-refractivity contribution in [2.75, 3.05) is 44.2 Å². The van der Waals surface area contributed by atoms with Crippen molar-refractivity contribution >= 4 is 17.4 Å². The maximum atomic E-state index is 8.98. The Morgan fingerprint density at radius 2 is 1.90 bits per heavy atom. The predicted molar refractivity (Wildman–Crippen MR) is 81.5 cm³/mol. The van der Waals surface area contributed by atoms with Gasteiger partial charge < -0.3 is 10.0 Å². The van der Waals surface area contributed by atoms with E-state index < -0.39 is 0 Å². The van der Waals surface area contributed by atoms with E-state index in [-0.39, 0.29) is 6.61 Å². The third-order valence-electron chi connectivity index (χ3n) is 3.67. The first kappa shape index (κ1) is 15.5. The molecule has 1 aliphatic rings. The summed E-state index contributed by atoms with van der Waals surface area (Å²) in [7, 11) is 0. The molecule has 0 aliphatic carbocycles. The number of rotatable bonds is 5. The summed E-state index contributed by atoms with van der Waals surface area (Å²) in [6.45, 7) is 8.80. The Balaban J connectivity index is 2.12. The largest absolute Gasteiger partial charge is 0.395 e. The van der Waals surface area contributed by atoms with Gasteiger partial charge in [0.1, 0.15) is 16.8 Å². The number of aliphatic hydroxyl groups excluding tert-OH is 1. The molecule has 20 heavy (non-hydrogen) atoms. The second-order valence-electron chi connectivity index (χ2n) is 5.18. The quantitative estimate of drug-likeness (QED) is 0.835. The van der Waals surface area contributed by atoms with E-state index in [9.17, 15) is 0 Å². The van der Waals surface area contributed by atoms with Crippen molar-refractivity contribution in [3.05, 3.63) is 16.5 Å². The molecule has 2 rings (SSSR count). The molecule has 0 bridgehead atoms. The van der Waals surface area contributed by atoms with Crippen LogP contribution in [-0.2, 0) is 6.42 Å². The zero-order valence-electron chi connectivity index (χ0n) is 12.3. The van der Waals surface area contributed by atoms with Crippen LogP contribution in [0.25, 0.3) is 0 Å². The van der Waals surface area contributed by atoms with Crippen molar-refractivity contribution in [1.29, 1.82) is 0 Å². The maximum Gasteiger partial charge on any atom is 0.137 e. The molecule has 0 radical (unpaired) electrons. The lowest BCUT2D eigenvalue weighted by atomic mass is 10.2. The van der Waals surface area contributed by atoms with Gasteiger partial charge in [-0.05, 0) is 13.3 Å². The van der Waals surface area contributed by atoms with E-state index >= 15 is 0 Å². The predicted octanol–water partition coefficient (Wildman–Crippen LogP) is 1.51.